The molecule has 0 saturated carbocycles. The second-order valence-electron chi connectivity index (χ2n) is 5.21. The van der Waals surface area contributed by atoms with Gasteiger partial charge < -0.3 is 9.47 Å². The fourth-order valence-corrected chi connectivity index (χ4v) is 2.15. The first-order valence-electron chi connectivity index (χ1n) is 7.59. The summed E-state index contributed by atoms with van der Waals surface area (Å²) < 4.78 is 9.67. The Morgan fingerprint density at radius 3 is 2.04 bits per heavy atom. The van der Waals surface area contributed by atoms with Gasteiger partial charge in [-0.25, -0.2) is 9.59 Å². The van der Waals surface area contributed by atoms with E-state index in [0.717, 1.165) is 25.3 Å². The number of esters is 2. The van der Waals surface area contributed by atoms with Crippen LogP contribution in [-0.2, 0) is 4.74 Å². The van der Waals surface area contributed by atoms with E-state index in [-0.39, 0.29) is 22.7 Å². The van der Waals surface area contributed by atoms with Crippen molar-refractivity contribution in [1.82, 2.24) is 0 Å². The quantitative estimate of drug-likeness (QED) is 0.256. The molecule has 0 aliphatic heterocycles. The van der Waals surface area contributed by atoms with E-state index >= 15 is 0 Å². The molecule has 134 valence electrons. The van der Waals surface area contributed by atoms with Crippen molar-refractivity contribution in [2.75, 3.05) is 7.11 Å². The number of ether oxygens (including phenoxy) is 2. The third kappa shape index (κ3) is 4.29. The highest BCUT2D eigenvalue weighted by atomic mass is 16.6. The lowest BCUT2D eigenvalue weighted by atomic mass is 10.1. The molecule has 0 heterocycles. The lowest BCUT2D eigenvalue weighted by Gasteiger charge is -2.07. The van der Waals surface area contributed by atoms with Gasteiger partial charge in [-0.2, -0.15) is 0 Å². The summed E-state index contributed by atoms with van der Waals surface area (Å²) in [6, 6.07) is 9.08. The van der Waals surface area contributed by atoms with E-state index in [1.165, 1.54) is 24.3 Å². The topological polar surface area (TPSA) is 113 Å². The summed E-state index contributed by atoms with van der Waals surface area (Å²) in [4.78, 5) is 45.7. The predicted octanol–water partition coefficient (Wildman–Crippen LogP) is 3.19. The molecule has 8 nitrogen and oxygen atoms in total. The zero-order valence-corrected chi connectivity index (χ0v) is 14.1. The summed E-state index contributed by atoms with van der Waals surface area (Å²) in [6.07, 6.45) is 0.350. The zero-order chi connectivity index (χ0) is 19.3. The second-order valence-corrected chi connectivity index (χ2v) is 5.21. The van der Waals surface area contributed by atoms with Crippen LogP contribution in [0.3, 0.4) is 0 Å². The number of nitro groups is 1. The number of rotatable bonds is 6. The van der Waals surface area contributed by atoms with Crippen molar-refractivity contribution in [2.24, 2.45) is 0 Å². The van der Waals surface area contributed by atoms with Crippen LogP contribution >= 0.6 is 0 Å². The Bertz CT molecular complexity index is 872. The summed E-state index contributed by atoms with van der Waals surface area (Å²) >= 11 is 0. The Hall–Kier alpha value is -3.55. The number of carbonyl (C=O) groups excluding carboxylic acids is 3. The van der Waals surface area contributed by atoms with Crippen LogP contribution in [0.4, 0.5) is 5.69 Å². The summed E-state index contributed by atoms with van der Waals surface area (Å²) in [5.41, 5.74) is -0.273. The monoisotopic (exact) mass is 357 g/mol. The van der Waals surface area contributed by atoms with Crippen LogP contribution in [0.25, 0.3) is 0 Å². The SMILES string of the molecule is CCC(=O)c1ccc(OC(=O)c2cc(C(=O)OC)cc([N+](=O)[O-])c2)cc1. The third-order valence-electron chi connectivity index (χ3n) is 3.49. The van der Waals surface area contributed by atoms with Gasteiger partial charge in [-0.1, -0.05) is 6.92 Å². The normalized spacial score (nSPS) is 10.1. The molecule has 0 fully saturated rings. The summed E-state index contributed by atoms with van der Waals surface area (Å²) in [5.74, 6) is -1.59. The molecule has 0 aromatic heterocycles. The smallest absolute Gasteiger partial charge is 0.343 e. The van der Waals surface area contributed by atoms with E-state index in [1.54, 1.807) is 6.92 Å². The fourth-order valence-electron chi connectivity index (χ4n) is 2.15. The number of non-ortho nitro benzene ring substituents is 1. The first kappa shape index (κ1) is 18.8. The number of hydrogen-bond donors (Lipinski definition) is 0. The van der Waals surface area contributed by atoms with E-state index in [9.17, 15) is 24.5 Å². The minimum absolute atomic E-state index is 0.0516. The molecule has 0 amide bonds. The Balaban J connectivity index is 2.28. The average molecular weight is 357 g/mol. The Kier molecular flexibility index (Phi) is 5.79. The molecule has 0 radical (unpaired) electrons. The fraction of sp³-hybridized carbons (Fsp3) is 0.167. The molecule has 0 aliphatic rings. The Labute approximate surface area is 148 Å². The molecule has 8 heteroatoms. The number of Topliss-reactive ketones (excluding diaryl/α,β-unsaturated/α-hetero) is 1. The van der Waals surface area contributed by atoms with Gasteiger partial charge in [-0.05, 0) is 30.3 Å². The predicted molar refractivity (Wildman–Crippen MR) is 90.5 cm³/mol. The van der Waals surface area contributed by atoms with Crippen molar-refractivity contribution in [2.45, 2.75) is 13.3 Å². The molecule has 0 spiro atoms. The number of methoxy groups -OCH3 is 1. The molecular formula is C18H15NO7. The maximum Gasteiger partial charge on any atom is 0.343 e. The van der Waals surface area contributed by atoms with Gasteiger partial charge >= 0.3 is 11.9 Å². The van der Waals surface area contributed by atoms with E-state index in [0.29, 0.717) is 12.0 Å². The van der Waals surface area contributed by atoms with Crippen LogP contribution in [-0.4, -0.2) is 29.8 Å². The molecule has 2 aromatic rings. The standard InChI is InChI=1S/C18H15NO7/c1-3-16(20)11-4-6-15(7-5-11)26-18(22)13-8-12(17(21)25-2)9-14(10-13)19(23)24/h4-10H,3H2,1-2H3. The minimum atomic E-state index is -0.881. The molecule has 26 heavy (non-hydrogen) atoms. The molecule has 0 saturated heterocycles. The second kappa shape index (κ2) is 8.02. The van der Waals surface area contributed by atoms with Crippen LogP contribution < -0.4 is 4.74 Å². The van der Waals surface area contributed by atoms with Crippen molar-refractivity contribution >= 4 is 23.4 Å². The summed E-state index contributed by atoms with van der Waals surface area (Å²) in [6.45, 7) is 1.73. The molecule has 0 bridgehead atoms. The van der Waals surface area contributed by atoms with Crippen molar-refractivity contribution in [3.05, 3.63) is 69.3 Å². The number of benzene rings is 2. The Morgan fingerprint density at radius 2 is 1.54 bits per heavy atom. The molecule has 2 aromatic carbocycles. The van der Waals surface area contributed by atoms with Crippen molar-refractivity contribution in [3.8, 4) is 5.75 Å². The van der Waals surface area contributed by atoms with Gasteiger partial charge in [0.15, 0.2) is 5.78 Å². The van der Waals surface area contributed by atoms with Gasteiger partial charge in [0.1, 0.15) is 5.75 Å². The largest absolute Gasteiger partial charge is 0.465 e. The highest BCUT2D eigenvalue weighted by molar-refractivity contribution is 5.98. The molecular weight excluding hydrogens is 342 g/mol. The molecule has 0 aliphatic carbocycles. The van der Waals surface area contributed by atoms with Gasteiger partial charge in [0, 0.05) is 24.1 Å². The Morgan fingerprint density at radius 1 is 0.962 bits per heavy atom. The number of nitro benzene ring substituents is 1. The highest BCUT2D eigenvalue weighted by Crippen LogP contribution is 2.21. The molecule has 0 N–H and O–H groups in total. The van der Waals surface area contributed by atoms with Crippen LogP contribution in [0.15, 0.2) is 42.5 Å². The lowest BCUT2D eigenvalue weighted by molar-refractivity contribution is -0.384. The van der Waals surface area contributed by atoms with E-state index in [1.807, 2.05) is 0 Å². The highest BCUT2D eigenvalue weighted by Gasteiger charge is 2.19. The number of nitrogens with zero attached hydrogens (tertiary/aromatic N) is 1. The van der Waals surface area contributed by atoms with Crippen LogP contribution in [0.5, 0.6) is 5.75 Å². The van der Waals surface area contributed by atoms with Crippen molar-refractivity contribution in [3.63, 3.8) is 0 Å². The van der Waals surface area contributed by atoms with Crippen LogP contribution in [0, 0.1) is 10.1 Å². The van der Waals surface area contributed by atoms with Gasteiger partial charge in [0.05, 0.1) is 23.2 Å². The minimum Gasteiger partial charge on any atom is -0.465 e. The molecule has 0 unspecified atom stereocenters. The van der Waals surface area contributed by atoms with Gasteiger partial charge in [0.2, 0.25) is 0 Å². The molecule has 2 rings (SSSR count). The first-order valence-corrected chi connectivity index (χ1v) is 7.59. The number of ketones is 1. The summed E-state index contributed by atoms with van der Waals surface area (Å²) in [7, 11) is 1.12. The maximum atomic E-state index is 12.3. The zero-order valence-electron chi connectivity index (χ0n) is 14.1. The number of carbonyl (C=O) groups is 3. The average Bonchev–Trinajstić information content (AvgIpc) is 2.66. The summed E-state index contributed by atoms with van der Waals surface area (Å²) in [5, 5.41) is 11.0. The molecule has 0 atom stereocenters. The van der Waals surface area contributed by atoms with Gasteiger partial charge in [-0.3, -0.25) is 14.9 Å². The van der Waals surface area contributed by atoms with E-state index < -0.39 is 22.5 Å². The lowest BCUT2D eigenvalue weighted by Crippen LogP contribution is -2.11. The first-order chi connectivity index (χ1) is 12.3. The van der Waals surface area contributed by atoms with Gasteiger partial charge in [-0.15, -0.1) is 0 Å². The van der Waals surface area contributed by atoms with Crippen LogP contribution in [0.1, 0.15) is 44.4 Å². The third-order valence-corrected chi connectivity index (χ3v) is 3.49. The van der Waals surface area contributed by atoms with Gasteiger partial charge in [0.25, 0.3) is 5.69 Å². The maximum absolute atomic E-state index is 12.3. The van der Waals surface area contributed by atoms with Crippen molar-refractivity contribution in [1.29, 1.82) is 0 Å². The van der Waals surface area contributed by atoms with E-state index in [4.69, 9.17) is 4.74 Å². The van der Waals surface area contributed by atoms with E-state index in [2.05, 4.69) is 4.74 Å². The van der Waals surface area contributed by atoms with Crippen LogP contribution in [0.2, 0.25) is 0 Å². The van der Waals surface area contributed by atoms with Crippen molar-refractivity contribution < 1.29 is 28.8 Å². The number of hydrogen-bond acceptors (Lipinski definition) is 7.